The highest BCUT2D eigenvalue weighted by molar-refractivity contribution is 6.07. The Balaban J connectivity index is 0.00000206. The molecule has 3 N–H and O–H groups in total. The lowest BCUT2D eigenvalue weighted by Crippen LogP contribution is -2.33. The summed E-state index contributed by atoms with van der Waals surface area (Å²) in [7, 11) is 1.92. The van der Waals surface area contributed by atoms with Crippen molar-refractivity contribution in [3.05, 3.63) is 83.8 Å². The third-order valence-corrected chi connectivity index (χ3v) is 7.47. The Morgan fingerprint density at radius 1 is 0.902 bits per heavy atom. The zero-order valence-corrected chi connectivity index (χ0v) is 32.2. The van der Waals surface area contributed by atoms with Crippen LogP contribution in [0.5, 0.6) is 0 Å². The summed E-state index contributed by atoms with van der Waals surface area (Å²) in [5, 5.41) is 3.35. The average Bonchev–Trinajstić information content (AvgIpc) is 3.50. The summed E-state index contributed by atoms with van der Waals surface area (Å²) < 4.78 is 7.11. The van der Waals surface area contributed by atoms with E-state index in [4.69, 9.17) is 15.5 Å². The standard InChI is InChI=1S/C34H41N7O4.3C2H6/c1-4-6-7-10-21-45-34(44)39-32(35)24-12-15-26(16-13-24)37-23-31-38-28-22-25(14-17-29(28)40(31)3)33(43)41(20-18-27(42)5-2)30-11-8-9-19-36-30;3*1-2/h8-9,11-17,19,22,37H,4-7,10,18,20-21,23H2,1-3H3,(H2,35,39,44);3*1-2H3. The minimum atomic E-state index is -0.686. The van der Waals surface area contributed by atoms with E-state index in [1.165, 1.54) is 0 Å². The van der Waals surface area contributed by atoms with Crippen molar-refractivity contribution < 1.29 is 19.1 Å². The Kier molecular flexibility index (Phi) is 21.5. The SMILES string of the molecule is CC.CC.CC.CCCCCCOC(=O)/N=C(/N)c1ccc(NCc2nc3cc(C(=O)N(CCC(=O)CC)c4ccccn4)ccc3n2C)cc1. The number of amidine groups is 1. The number of Topliss-reactive ketones (excluding diaryl/α,β-unsaturated/α-hetero) is 1. The molecule has 2 aromatic heterocycles. The smallest absolute Gasteiger partial charge is 0.435 e. The molecule has 11 heteroatoms. The Bertz CT molecular complexity index is 1630. The molecule has 2 amide bonds. The number of ether oxygens (including phenoxy) is 1. The van der Waals surface area contributed by atoms with Gasteiger partial charge in [0, 0.05) is 49.4 Å². The monoisotopic (exact) mass is 701 g/mol. The zero-order chi connectivity index (χ0) is 38.2. The molecule has 0 unspecified atom stereocenters. The van der Waals surface area contributed by atoms with E-state index >= 15 is 0 Å². The van der Waals surface area contributed by atoms with E-state index in [2.05, 4.69) is 22.2 Å². The van der Waals surface area contributed by atoms with Crippen LogP contribution >= 0.6 is 0 Å². The van der Waals surface area contributed by atoms with Gasteiger partial charge in [0.2, 0.25) is 0 Å². The number of rotatable bonds is 15. The number of nitrogens with two attached hydrogens (primary N) is 1. The van der Waals surface area contributed by atoms with Crippen molar-refractivity contribution in [1.29, 1.82) is 0 Å². The number of ketones is 1. The summed E-state index contributed by atoms with van der Waals surface area (Å²) in [4.78, 5) is 52.1. The average molecular weight is 702 g/mol. The van der Waals surface area contributed by atoms with E-state index in [0.29, 0.717) is 42.0 Å². The van der Waals surface area contributed by atoms with E-state index in [1.807, 2.05) is 84.3 Å². The first-order valence-electron chi connectivity index (χ1n) is 18.4. The molecule has 2 heterocycles. The van der Waals surface area contributed by atoms with Gasteiger partial charge in [0.05, 0.1) is 24.2 Å². The topological polar surface area (TPSA) is 145 Å². The van der Waals surface area contributed by atoms with Gasteiger partial charge in [-0.25, -0.2) is 14.8 Å². The summed E-state index contributed by atoms with van der Waals surface area (Å²) in [6, 6.07) is 18.0. The van der Waals surface area contributed by atoms with Crippen molar-refractivity contribution in [3.63, 3.8) is 0 Å². The number of benzene rings is 2. The molecule has 0 aliphatic carbocycles. The third kappa shape index (κ3) is 14.0. The molecule has 4 rings (SSSR count). The molecule has 0 atom stereocenters. The van der Waals surface area contributed by atoms with Gasteiger partial charge in [-0.3, -0.25) is 14.5 Å². The lowest BCUT2D eigenvalue weighted by atomic mass is 10.1. The lowest BCUT2D eigenvalue weighted by molar-refractivity contribution is -0.118. The normalized spacial score (nSPS) is 10.4. The van der Waals surface area contributed by atoms with Crippen molar-refractivity contribution in [2.75, 3.05) is 23.4 Å². The number of nitrogens with one attached hydrogen (secondary N) is 1. The quantitative estimate of drug-likeness (QED) is 0.0709. The fraction of sp³-hybridized carbons (Fsp3) is 0.450. The van der Waals surface area contributed by atoms with E-state index < -0.39 is 6.09 Å². The third-order valence-electron chi connectivity index (χ3n) is 7.47. The number of imidazole rings is 1. The molecule has 0 saturated heterocycles. The molecule has 0 fully saturated rings. The van der Waals surface area contributed by atoms with Crippen LogP contribution < -0.4 is 16.0 Å². The molecular weight excluding hydrogens is 642 g/mol. The fourth-order valence-electron chi connectivity index (χ4n) is 4.77. The number of unbranched alkanes of at least 4 members (excludes halogenated alkanes) is 3. The molecule has 0 spiro atoms. The molecule has 0 aliphatic rings. The van der Waals surface area contributed by atoms with Gasteiger partial charge in [-0.05, 0) is 61.0 Å². The number of amides is 2. The Morgan fingerprint density at radius 3 is 2.22 bits per heavy atom. The predicted octanol–water partition coefficient (Wildman–Crippen LogP) is 9.10. The van der Waals surface area contributed by atoms with Crippen LogP contribution in [0, 0.1) is 0 Å². The molecule has 0 aliphatic heterocycles. The molecule has 0 radical (unpaired) electrons. The number of aromatic nitrogens is 3. The van der Waals surface area contributed by atoms with Crippen LogP contribution in [0.1, 0.15) is 116 Å². The van der Waals surface area contributed by atoms with Crippen LogP contribution in [0.3, 0.4) is 0 Å². The summed E-state index contributed by atoms with van der Waals surface area (Å²) in [5.74, 6) is 1.21. The number of carbonyl (C=O) groups is 3. The van der Waals surface area contributed by atoms with E-state index in [1.54, 1.807) is 47.5 Å². The summed E-state index contributed by atoms with van der Waals surface area (Å²) >= 11 is 0. The summed E-state index contributed by atoms with van der Waals surface area (Å²) in [6.07, 6.45) is 5.67. The molecule has 0 bridgehead atoms. The summed E-state index contributed by atoms with van der Waals surface area (Å²) in [5.41, 5.74) is 9.49. The van der Waals surface area contributed by atoms with Crippen LogP contribution in [0.4, 0.5) is 16.3 Å². The van der Waals surface area contributed by atoms with E-state index in [9.17, 15) is 14.4 Å². The number of hydrogen-bond acceptors (Lipinski definition) is 7. The molecule has 278 valence electrons. The van der Waals surface area contributed by atoms with Gasteiger partial charge in [0.25, 0.3) is 5.91 Å². The molecular formula is C40H59N7O4. The fourth-order valence-corrected chi connectivity index (χ4v) is 4.77. The molecule has 0 saturated carbocycles. The number of anilines is 2. The van der Waals surface area contributed by atoms with Gasteiger partial charge in [-0.1, -0.05) is 80.7 Å². The highest BCUT2D eigenvalue weighted by atomic mass is 16.5. The second-order valence-electron chi connectivity index (χ2n) is 10.7. The van der Waals surface area contributed by atoms with E-state index in [0.717, 1.165) is 42.7 Å². The van der Waals surface area contributed by atoms with Crippen LogP contribution in [0.25, 0.3) is 11.0 Å². The van der Waals surface area contributed by atoms with Crippen LogP contribution in [-0.4, -0.2) is 51.3 Å². The van der Waals surface area contributed by atoms with Gasteiger partial charge in [-0.2, -0.15) is 4.99 Å². The second kappa shape index (κ2) is 25.0. The van der Waals surface area contributed by atoms with Gasteiger partial charge in [0.1, 0.15) is 23.3 Å². The molecule has 51 heavy (non-hydrogen) atoms. The maximum Gasteiger partial charge on any atom is 0.435 e. The summed E-state index contributed by atoms with van der Waals surface area (Å²) in [6.45, 7) is 17.0. The van der Waals surface area contributed by atoms with Gasteiger partial charge >= 0.3 is 6.09 Å². The van der Waals surface area contributed by atoms with Crippen molar-refractivity contribution in [2.45, 2.75) is 100 Å². The molecule has 11 nitrogen and oxygen atoms in total. The highest BCUT2D eigenvalue weighted by Gasteiger charge is 2.21. The predicted molar refractivity (Wildman–Crippen MR) is 211 cm³/mol. The highest BCUT2D eigenvalue weighted by Crippen LogP contribution is 2.21. The van der Waals surface area contributed by atoms with Crippen molar-refractivity contribution >= 4 is 46.2 Å². The maximum absolute atomic E-state index is 13.6. The first-order chi connectivity index (χ1) is 24.8. The minimum Gasteiger partial charge on any atom is -0.448 e. The second-order valence-corrected chi connectivity index (χ2v) is 10.7. The minimum absolute atomic E-state index is 0.0838. The van der Waals surface area contributed by atoms with Gasteiger partial charge in [-0.15, -0.1) is 0 Å². The number of pyridine rings is 1. The lowest BCUT2D eigenvalue weighted by Gasteiger charge is -2.21. The van der Waals surface area contributed by atoms with Crippen molar-refractivity contribution in [1.82, 2.24) is 14.5 Å². The number of aliphatic imine (C=N–C) groups is 1. The Hall–Kier alpha value is -5.06. The van der Waals surface area contributed by atoms with E-state index in [-0.39, 0.29) is 30.5 Å². The number of fused-ring (bicyclic) bond motifs is 1. The number of aryl methyl sites for hydroxylation is 1. The Morgan fingerprint density at radius 2 is 1.59 bits per heavy atom. The Labute approximate surface area is 304 Å². The van der Waals surface area contributed by atoms with Crippen LogP contribution in [0.15, 0.2) is 71.9 Å². The van der Waals surface area contributed by atoms with Crippen LogP contribution in [-0.2, 0) is 23.1 Å². The van der Waals surface area contributed by atoms with Crippen molar-refractivity contribution in [2.24, 2.45) is 17.8 Å². The van der Waals surface area contributed by atoms with Crippen LogP contribution in [0.2, 0.25) is 0 Å². The van der Waals surface area contributed by atoms with Gasteiger partial charge in [0.15, 0.2) is 0 Å². The first kappa shape index (κ1) is 44.0. The van der Waals surface area contributed by atoms with Gasteiger partial charge < -0.3 is 20.4 Å². The number of carbonyl (C=O) groups excluding carboxylic acids is 3. The maximum atomic E-state index is 13.6. The molecule has 2 aromatic carbocycles. The first-order valence-corrected chi connectivity index (χ1v) is 18.4. The molecule has 4 aromatic rings. The largest absolute Gasteiger partial charge is 0.448 e. The van der Waals surface area contributed by atoms with Crippen molar-refractivity contribution in [3.8, 4) is 0 Å². The number of hydrogen-bond donors (Lipinski definition) is 2. The number of nitrogens with zero attached hydrogens (tertiary/aromatic N) is 5. The zero-order valence-electron chi connectivity index (χ0n) is 32.2.